The van der Waals surface area contributed by atoms with E-state index in [1.165, 1.54) is 6.20 Å². The van der Waals surface area contributed by atoms with E-state index in [0.29, 0.717) is 5.56 Å². The lowest BCUT2D eigenvalue weighted by molar-refractivity contribution is 0.103. The van der Waals surface area contributed by atoms with E-state index in [4.69, 9.17) is 5.26 Å². The van der Waals surface area contributed by atoms with Crippen molar-refractivity contribution in [1.82, 2.24) is 5.32 Å². The molecule has 1 aromatic rings. The van der Waals surface area contributed by atoms with E-state index >= 15 is 0 Å². The first kappa shape index (κ1) is 15.3. The summed E-state index contributed by atoms with van der Waals surface area (Å²) in [5, 5.41) is 12.0. The molecule has 96 valence electrons. The molecule has 1 rings (SSSR count). The highest BCUT2D eigenvalue weighted by atomic mass is 127. The molecular formula is C15H13IN2O. The van der Waals surface area contributed by atoms with Gasteiger partial charge in [0.25, 0.3) is 0 Å². The SMILES string of the molecule is CC(C)(C#CI)N/C=C(\C#N)C(=O)c1ccccc1. The third-order valence-electron chi connectivity index (χ3n) is 2.34. The molecule has 0 bridgehead atoms. The second kappa shape index (κ2) is 6.96. The van der Waals surface area contributed by atoms with Gasteiger partial charge in [0, 0.05) is 34.4 Å². The molecular weight excluding hydrogens is 351 g/mol. The van der Waals surface area contributed by atoms with Gasteiger partial charge in [-0.3, -0.25) is 4.79 Å². The Kier molecular flexibility index (Phi) is 5.59. The molecule has 19 heavy (non-hydrogen) atoms. The third-order valence-corrected chi connectivity index (χ3v) is 2.61. The van der Waals surface area contributed by atoms with Crippen LogP contribution in [0.25, 0.3) is 0 Å². The number of nitrogens with zero attached hydrogens (tertiary/aromatic N) is 1. The lowest BCUT2D eigenvalue weighted by Gasteiger charge is -2.17. The van der Waals surface area contributed by atoms with Gasteiger partial charge in [0.1, 0.15) is 11.6 Å². The zero-order valence-electron chi connectivity index (χ0n) is 10.7. The van der Waals surface area contributed by atoms with Crippen molar-refractivity contribution in [1.29, 1.82) is 5.26 Å². The molecule has 0 aliphatic heterocycles. The molecule has 0 saturated carbocycles. The van der Waals surface area contributed by atoms with E-state index in [1.807, 2.05) is 48.6 Å². The number of carbonyl (C=O) groups is 1. The Labute approximate surface area is 126 Å². The van der Waals surface area contributed by atoms with Crippen LogP contribution in [0.3, 0.4) is 0 Å². The van der Waals surface area contributed by atoms with E-state index < -0.39 is 5.54 Å². The quantitative estimate of drug-likeness (QED) is 0.294. The van der Waals surface area contributed by atoms with Gasteiger partial charge in [0.2, 0.25) is 5.78 Å². The van der Waals surface area contributed by atoms with Crippen molar-refractivity contribution in [2.24, 2.45) is 0 Å². The van der Waals surface area contributed by atoms with Crippen LogP contribution >= 0.6 is 22.6 Å². The Morgan fingerprint density at radius 2 is 2.00 bits per heavy atom. The Morgan fingerprint density at radius 1 is 1.37 bits per heavy atom. The average Bonchev–Trinajstić information content (AvgIpc) is 2.40. The van der Waals surface area contributed by atoms with E-state index in [1.54, 1.807) is 24.3 Å². The van der Waals surface area contributed by atoms with Gasteiger partial charge in [-0.1, -0.05) is 36.3 Å². The van der Waals surface area contributed by atoms with E-state index in [-0.39, 0.29) is 11.4 Å². The van der Waals surface area contributed by atoms with Crippen LogP contribution in [0.15, 0.2) is 42.1 Å². The van der Waals surface area contributed by atoms with Crippen LogP contribution < -0.4 is 5.32 Å². The number of halogens is 1. The molecule has 1 N–H and O–H groups in total. The number of benzene rings is 1. The van der Waals surface area contributed by atoms with E-state index in [2.05, 4.69) is 15.2 Å². The number of nitriles is 1. The molecule has 0 saturated heterocycles. The maximum atomic E-state index is 12.1. The summed E-state index contributed by atoms with van der Waals surface area (Å²) in [6.45, 7) is 3.74. The number of hydrogen-bond donors (Lipinski definition) is 1. The Hall–Kier alpha value is -1.79. The van der Waals surface area contributed by atoms with Crippen LogP contribution in [0.5, 0.6) is 0 Å². The normalized spacial score (nSPS) is 10.9. The van der Waals surface area contributed by atoms with E-state index in [9.17, 15) is 4.79 Å². The molecule has 4 heteroatoms. The first-order valence-electron chi connectivity index (χ1n) is 5.60. The number of carbonyl (C=O) groups excluding carboxylic acids is 1. The number of Topliss-reactive ketones (excluding diaryl/α,β-unsaturated/α-hetero) is 1. The maximum absolute atomic E-state index is 12.1. The Bertz CT molecular complexity index is 586. The fourth-order valence-corrected chi connectivity index (χ4v) is 1.97. The maximum Gasteiger partial charge on any atom is 0.205 e. The van der Waals surface area contributed by atoms with Gasteiger partial charge in [-0.25, -0.2) is 0 Å². The molecule has 0 amide bonds. The molecule has 0 aliphatic rings. The fraction of sp³-hybridized carbons (Fsp3) is 0.200. The lowest BCUT2D eigenvalue weighted by atomic mass is 10.0. The summed E-state index contributed by atoms with van der Waals surface area (Å²) in [7, 11) is 0. The molecule has 3 nitrogen and oxygen atoms in total. The predicted molar refractivity (Wildman–Crippen MR) is 83.5 cm³/mol. The smallest absolute Gasteiger partial charge is 0.205 e. The first-order valence-corrected chi connectivity index (χ1v) is 6.68. The van der Waals surface area contributed by atoms with Crippen LogP contribution in [0.4, 0.5) is 0 Å². The molecule has 0 aromatic heterocycles. The zero-order valence-corrected chi connectivity index (χ0v) is 12.9. The van der Waals surface area contributed by atoms with Gasteiger partial charge >= 0.3 is 0 Å². The molecule has 0 heterocycles. The molecule has 0 radical (unpaired) electrons. The number of allylic oxidation sites excluding steroid dienone is 1. The lowest BCUT2D eigenvalue weighted by Crippen LogP contribution is -2.34. The van der Waals surface area contributed by atoms with Gasteiger partial charge in [-0.05, 0) is 17.8 Å². The zero-order chi connectivity index (χ0) is 14.3. The van der Waals surface area contributed by atoms with Crippen molar-refractivity contribution in [3.05, 3.63) is 47.7 Å². The predicted octanol–water partition coefficient (Wildman–Crippen LogP) is 3.04. The number of ketones is 1. The number of hydrogen-bond acceptors (Lipinski definition) is 3. The minimum atomic E-state index is -0.486. The van der Waals surface area contributed by atoms with Gasteiger partial charge in [-0.2, -0.15) is 5.26 Å². The number of rotatable bonds is 4. The van der Waals surface area contributed by atoms with Gasteiger partial charge in [0.15, 0.2) is 0 Å². The van der Waals surface area contributed by atoms with Crippen molar-refractivity contribution in [3.63, 3.8) is 0 Å². The highest BCUT2D eigenvalue weighted by Gasteiger charge is 2.15. The van der Waals surface area contributed by atoms with Crippen molar-refractivity contribution in [2.45, 2.75) is 19.4 Å². The summed E-state index contributed by atoms with van der Waals surface area (Å²) in [5.74, 6) is 2.64. The second-order valence-corrected chi connectivity index (χ2v) is 4.89. The fourth-order valence-electron chi connectivity index (χ4n) is 1.30. The van der Waals surface area contributed by atoms with Crippen molar-refractivity contribution < 1.29 is 4.79 Å². The Balaban J connectivity index is 2.93. The number of nitrogens with one attached hydrogen (secondary N) is 1. The van der Waals surface area contributed by atoms with Gasteiger partial charge < -0.3 is 5.32 Å². The van der Waals surface area contributed by atoms with Crippen LogP contribution in [0.2, 0.25) is 0 Å². The van der Waals surface area contributed by atoms with Crippen LogP contribution in [-0.4, -0.2) is 11.3 Å². The highest BCUT2D eigenvalue weighted by Crippen LogP contribution is 2.08. The van der Waals surface area contributed by atoms with Gasteiger partial charge in [-0.15, -0.1) is 0 Å². The van der Waals surface area contributed by atoms with Crippen LogP contribution in [-0.2, 0) is 0 Å². The minimum Gasteiger partial charge on any atom is -0.374 e. The largest absolute Gasteiger partial charge is 0.374 e. The van der Waals surface area contributed by atoms with Crippen molar-refractivity contribution in [2.75, 3.05) is 0 Å². The highest BCUT2D eigenvalue weighted by molar-refractivity contribution is 14.1. The van der Waals surface area contributed by atoms with Crippen LogP contribution in [0.1, 0.15) is 24.2 Å². The average molecular weight is 364 g/mol. The van der Waals surface area contributed by atoms with Crippen molar-refractivity contribution >= 4 is 28.4 Å². The standard InChI is InChI=1S/C15H13IN2O/c1-15(2,8-9-16)18-11-13(10-17)14(19)12-6-4-3-5-7-12/h3-7,11,18H,1-2H3/b13-11+. The van der Waals surface area contributed by atoms with Crippen molar-refractivity contribution in [3.8, 4) is 15.9 Å². The summed E-state index contributed by atoms with van der Waals surface area (Å²) in [4.78, 5) is 12.1. The molecule has 1 aromatic carbocycles. The molecule has 0 aliphatic carbocycles. The monoisotopic (exact) mass is 364 g/mol. The minimum absolute atomic E-state index is 0.0644. The molecule has 0 atom stereocenters. The summed E-state index contributed by atoms with van der Waals surface area (Å²) < 4.78 is 2.77. The third kappa shape index (κ3) is 4.76. The van der Waals surface area contributed by atoms with Crippen LogP contribution in [0, 0.1) is 21.2 Å². The van der Waals surface area contributed by atoms with Gasteiger partial charge in [0.05, 0.1) is 5.54 Å². The summed E-state index contributed by atoms with van der Waals surface area (Å²) in [5.41, 5.74) is 0.0738. The first-order chi connectivity index (χ1) is 9.00. The molecule has 0 fully saturated rings. The Morgan fingerprint density at radius 3 is 2.53 bits per heavy atom. The molecule has 0 unspecified atom stereocenters. The second-order valence-electron chi connectivity index (χ2n) is 4.35. The summed E-state index contributed by atoms with van der Waals surface area (Å²) in [6, 6.07) is 10.6. The topological polar surface area (TPSA) is 52.9 Å². The summed E-state index contributed by atoms with van der Waals surface area (Å²) >= 11 is 1.95. The molecule has 0 spiro atoms. The summed E-state index contributed by atoms with van der Waals surface area (Å²) in [6.07, 6.45) is 1.43. The van der Waals surface area contributed by atoms with E-state index in [0.717, 1.165) is 0 Å².